The van der Waals surface area contributed by atoms with E-state index in [1.54, 1.807) is 18.6 Å². The quantitative estimate of drug-likeness (QED) is 0.786. The Morgan fingerprint density at radius 2 is 2.12 bits per heavy atom. The van der Waals surface area contributed by atoms with E-state index in [0.717, 1.165) is 29.2 Å². The summed E-state index contributed by atoms with van der Waals surface area (Å²) in [5, 5.41) is 3.86. The molecule has 0 bridgehead atoms. The predicted molar refractivity (Wildman–Crippen MR) is 96.9 cm³/mol. The van der Waals surface area contributed by atoms with Gasteiger partial charge in [-0.25, -0.2) is 4.98 Å². The van der Waals surface area contributed by atoms with Crippen molar-refractivity contribution < 1.29 is 9.53 Å². The lowest BCUT2D eigenvalue weighted by Crippen LogP contribution is -2.38. The van der Waals surface area contributed by atoms with Crippen LogP contribution in [0.3, 0.4) is 0 Å². The van der Waals surface area contributed by atoms with Crippen LogP contribution >= 0.6 is 11.3 Å². The minimum absolute atomic E-state index is 0.0103. The van der Waals surface area contributed by atoms with Crippen molar-refractivity contribution >= 4 is 17.2 Å². The number of rotatable bonds is 3. The Kier molecular flexibility index (Phi) is 4.43. The maximum atomic E-state index is 12.5. The molecule has 0 radical (unpaired) electrons. The van der Waals surface area contributed by atoms with Crippen molar-refractivity contribution in [3.8, 4) is 16.3 Å². The van der Waals surface area contributed by atoms with Gasteiger partial charge in [-0.3, -0.25) is 9.78 Å². The molecule has 0 aliphatic carbocycles. The molecule has 1 atom stereocenters. The molecule has 5 nitrogen and oxygen atoms in total. The van der Waals surface area contributed by atoms with Gasteiger partial charge in [0.2, 0.25) is 0 Å². The minimum atomic E-state index is -0.104. The average Bonchev–Trinajstić information content (AvgIpc) is 3.07. The number of aromatic nitrogens is 2. The summed E-state index contributed by atoms with van der Waals surface area (Å²) in [6.45, 7) is 0.483. The Hall–Kier alpha value is -2.73. The van der Waals surface area contributed by atoms with Crippen molar-refractivity contribution in [2.75, 3.05) is 6.61 Å². The summed E-state index contributed by atoms with van der Waals surface area (Å²) >= 11 is 1.37. The van der Waals surface area contributed by atoms with Gasteiger partial charge in [0.1, 0.15) is 22.2 Å². The fraction of sp³-hybridized carbons (Fsp3) is 0.211. The molecule has 1 N–H and O–H groups in total. The molecule has 3 heterocycles. The molecular weight excluding hydrogens is 334 g/mol. The minimum Gasteiger partial charge on any atom is -0.491 e. The molecule has 0 saturated carbocycles. The number of hydrogen-bond acceptors (Lipinski definition) is 5. The van der Waals surface area contributed by atoms with Gasteiger partial charge in [-0.1, -0.05) is 18.2 Å². The summed E-state index contributed by atoms with van der Waals surface area (Å²) in [5.74, 6) is 0.808. The van der Waals surface area contributed by atoms with E-state index in [-0.39, 0.29) is 11.9 Å². The van der Waals surface area contributed by atoms with Crippen LogP contribution in [-0.2, 0) is 6.42 Å². The Morgan fingerprint density at radius 1 is 1.20 bits per heavy atom. The van der Waals surface area contributed by atoms with Crippen molar-refractivity contribution in [1.29, 1.82) is 0 Å². The molecule has 2 aromatic heterocycles. The number of fused-ring (bicyclic) bond motifs is 1. The van der Waals surface area contributed by atoms with Gasteiger partial charge in [0.15, 0.2) is 0 Å². The molecule has 0 fully saturated rings. The largest absolute Gasteiger partial charge is 0.491 e. The summed E-state index contributed by atoms with van der Waals surface area (Å²) < 4.78 is 5.84. The first-order valence-corrected chi connectivity index (χ1v) is 8.99. The zero-order valence-electron chi connectivity index (χ0n) is 13.5. The number of nitrogens with one attached hydrogen (secondary N) is 1. The monoisotopic (exact) mass is 351 g/mol. The highest BCUT2D eigenvalue weighted by molar-refractivity contribution is 7.16. The SMILES string of the molecule is O=C(NC1CCc2ccccc2OC1)c1cnc(-c2cccnc2)s1. The first-order valence-electron chi connectivity index (χ1n) is 8.17. The Labute approximate surface area is 149 Å². The van der Waals surface area contributed by atoms with E-state index < -0.39 is 0 Å². The molecule has 126 valence electrons. The van der Waals surface area contributed by atoms with E-state index in [9.17, 15) is 4.79 Å². The zero-order chi connectivity index (χ0) is 17.1. The topological polar surface area (TPSA) is 64.1 Å². The van der Waals surface area contributed by atoms with Crippen LogP contribution < -0.4 is 10.1 Å². The lowest BCUT2D eigenvalue weighted by Gasteiger charge is -2.15. The molecule has 25 heavy (non-hydrogen) atoms. The molecule has 0 spiro atoms. The number of aryl methyl sites for hydroxylation is 1. The van der Waals surface area contributed by atoms with Gasteiger partial charge in [-0.05, 0) is 36.6 Å². The number of thiazole rings is 1. The first kappa shape index (κ1) is 15.8. The van der Waals surface area contributed by atoms with Crippen LogP contribution in [0.2, 0.25) is 0 Å². The van der Waals surface area contributed by atoms with Crippen LogP contribution in [0.5, 0.6) is 5.75 Å². The van der Waals surface area contributed by atoms with Crippen molar-refractivity contribution in [3.05, 3.63) is 65.4 Å². The molecule has 1 aliphatic heterocycles. The van der Waals surface area contributed by atoms with Gasteiger partial charge in [-0.15, -0.1) is 11.3 Å². The van der Waals surface area contributed by atoms with Crippen LogP contribution in [0, 0.1) is 0 Å². The second-order valence-corrected chi connectivity index (χ2v) is 6.93. The molecule has 3 aromatic rings. The average molecular weight is 351 g/mol. The second kappa shape index (κ2) is 7.03. The second-order valence-electron chi connectivity index (χ2n) is 5.90. The van der Waals surface area contributed by atoms with E-state index in [0.29, 0.717) is 11.5 Å². The summed E-state index contributed by atoms with van der Waals surface area (Å²) in [6, 6.07) is 11.8. The fourth-order valence-corrected chi connectivity index (χ4v) is 3.64. The Balaban J connectivity index is 1.42. The maximum Gasteiger partial charge on any atom is 0.263 e. The molecule has 1 amide bonds. The van der Waals surface area contributed by atoms with Crippen molar-refractivity contribution in [2.45, 2.75) is 18.9 Å². The van der Waals surface area contributed by atoms with E-state index in [2.05, 4.69) is 21.4 Å². The van der Waals surface area contributed by atoms with Gasteiger partial charge in [0, 0.05) is 18.0 Å². The maximum absolute atomic E-state index is 12.5. The molecule has 6 heteroatoms. The highest BCUT2D eigenvalue weighted by Gasteiger charge is 2.20. The van der Waals surface area contributed by atoms with Crippen molar-refractivity contribution in [1.82, 2.24) is 15.3 Å². The number of benzene rings is 1. The lowest BCUT2D eigenvalue weighted by molar-refractivity contribution is 0.0925. The highest BCUT2D eigenvalue weighted by Crippen LogP contribution is 2.26. The molecule has 1 aliphatic rings. The number of nitrogens with zero attached hydrogens (tertiary/aromatic N) is 2. The van der Waals surface area contributed by atoms with Crippen molar-refractivity contribution in [3.63, 3.8) is 0 Å². The third-order valence-corrected chi connectivity index (χ3v) is 5.19. The molecule has 4 rings (SSSR count). The Morgan fingerprint density at radius 3 is 3.00 bits per heavy atom. The van der Waals surface area contributed by atoms with Gasteiger partial charge in [-0.2, -0.15) is 0 Å². The van der Waals surface area contributed by atoms with E-state index in [1.807, 2.05) is 30.3 Å². The first-order chi connectivity index (χ1) is 12.3. The zero-order valence-corrected chi connectivity index (χ0v) is 14.3. The number of ether oxygens (including phenoxy) is 1. The van der Waals surface area contributed by atoms with E-state index in [4.69, 9.17) is 4.74 Å². The Bertz CT molecular complexity index is 852. The number of amides is 1. The molecule has 1 unspecified atom stereocenters. The molecular formula is C19H17N3O2S. The summed E-state index contributed by atoms with van der Waals surface area (Å²) in [6.07, 6.45) is 6.84. The van der Waals surface area contributed by atoms with Crippen LogP contribution in [0.15, 0.2) is 55.0 Å². The summed E-state index contributed by atoms with van der Waals surface area (Å²) in [4.78, 5) is 21.6. The standard InChI is InChI=1S/C19H17N3O2S/c23-18(17-11-21-19(25-17)14-5-3-9-20-10-14)22-15-8-7-13-4-1-2-6-16(13)24-12-15/h1-6,9-11,15H,7-8,12H2,(H,22,23). The summed E-state index contributed by atoms with van der Waals surface area (Å²) in [5.41, 5.74) is 2.11. The van der Waals surface area contributed by atoms with Gasteiger partial charge in [0.25, 0.3) is 5.91 Å². The van der Waals surface area contributed by atoms with Gasteiger partial charge in [0.05, 0.1) is 12.2 Å². The number of carbonyl (C=O) groups excluding carboxylic acids is 1. The van der Waals surface area contributed by atoms with Gasteiger partial charge >= 0.3 is 0 Å². The number of pyridine rings is 1. The fourth-order valence-electron chi connectivity index (χ4n) is 2.83. The molecule has 1 aromatic carbocycles. The lowest BCUT2D eigenvalue weighted by atomic mass is 10.1. The highest BCUT2D eigenvalue weighted by atomic mass is 32.1. The van der Waals surface area contributed by atoms with E-state index >= 15 is 0 Å². The third-order valence-electron chi connectivity index (χ3n) is 4.15. The van der Waals surface area contributed by atoms with Crippen LogP contribution in [0.4, 0.5) is 0 Å². The van der Waals surface area contributed by atoms with Crippen LogP contribution in [0.1, 0.15) is 21.7 Å². The van der Waals surface area contributed by atoms with Gasteiger partial charge < -0.3 is 10.1 Å². The van der Waals surface area contributed by atoms with Crippen LogP contribution in [-0.4, -0.2) is 28.5 Å². The van der Waals surface area contributed by atoms with Crippen molar-refractivity contribution in [2.24, 2.45) is 0 Å². The smallest absolute Gasteiger partial charge is 0.263 e. The number of hydrogen-bond donors (Lipinski definition) is 1. The number of para-hydroxylation sites is 1. The van der Waals surface area contributed by atoms with Crippen LogP contribution in [0.25, 0.3) is 10.6 Å². The predicted octanol–water partition coefficient (Wildman–Crippen LogP) is 3.33. The molecule has 0 saturated heterocycles. The normalized spacial score (nSPS) is 16.4. The number of carbonyl (C=O) groups is 1. The summed E-state index contributed by atoms with van der Waals surface area (Å²) in [7, 11) is 0. The van der Waals surface area contributed by atoms with E-state index in [1.165, 1.54) is 16.9 Å². The third kappa shape index (κ3) is 3.53.